The highest BCUT2D eigenvalue weighted by Gasteiger charge is 2.43. The minimum atomic E-state index is -0.641. The molecule has 1 atom stereocenters. The van der Waals surface area contributed by atoms with Gasteiger partial charge in [0.1, 0.15) is 18.3 Å². The SMILES string of the molecule is COc1ccc(CCNC(=O)CN2C(=O)[C@@H](C)N(c3ccc(C)cc3)C2=O)cc1. The van der Waals surface area contributed by atoms with Crippen molar-refractivity contribution < 1.29 is 19.1 Å². The van der Waals surface area contributed by atoms with Crippen LogP contribution in [-0.4, -0.2) is 49.0 Å². The maximum atomic E-state index is 12.7. The van der Waals surface area contributed by atoms with E-state index in [2.05, 4.69) is 5.32 Å². The van der Waals surface area contributed by atoms with Crippen LogP contribution in [0.4, 0.5) is 10.5 Å². The Morgan fingerprint density at radius 1 is 1.07 bits per heavy atom. The topological polar surface area (TPSA) is 79.0 Å². The highest BCUT2D eigenvalue weighted by Crippen LogP contribution is 2.25. The van der Waals surface area contributed by atoms with Gasteiger partial charge in [0.15, 0.2) is 0 Å². The van der Waals surface area contributed by atoms with Crippen LogP contribution in [0.5, 0.6) is 5.75 Å². The van der Waals surface area contributed by atoms with Crippen LogP contribution in [0.2, 0.25) is 0 Å². The molecule has 1 aliphatic rings. The number of methoxy groups -OCH3 is 1. The highest BCUT2D eigenvalue weighted by molar-refractivity contribution is 6.15. The predicted molar refractivity (Wildman–Crippen MR) is 110 cm³/mol. The third-order valence-electron chi connectivity index (χ3n) is 4.96. The lowest BCUT2D eigenvalue weighted by atomic mass is 10.1. The summed E-state index contributed by atoms with van der Waals surface area (Å²) in [5.74, 6) is 0.0372. The molecule has 0 radical (unpaired) electrons. The van der Waals surface area contributed by atoms with Gasteiger partial charge in [0.05, 0.1) is 7.11 Å². The van der Waals surface area contributed by atoms with E-state index in [4.69, 9.17) is 4.74 Å². The summed E-state index contributed by atoms with van der Waals surface area (Å²) < 4.78 is 5.12. The fourth-order valence-electron chi connectivity index (χ4n) is 3.25. The van der Waals surface area contributed by atoms with Crippen molar-refractivity contribution in [2.75, 3.05) is 25.1 Å². The van der Waals surface area contributed by atoms with Crippen molar-refractivity contribution in [3.63, 3.8) is 0 Å². The second kappa shape index (κ2) is 8.77. The number of ether oxygens (including phenoxy) is 1. The van der Waals surface area contributed by atoms with Gasteiger partial charge in [-0.05, 0) is 50.1 Å². The molecule has 7 nitrogen and oxygen atoms in total. The molecule has 0 unspecified atom stereocenters. The normalized spacial score (nSPS) is 16.3. The largest absolute Gasteiger partial charge is 0.497 e. The Hall–Kier alpha value is -3.35. The van der Waals surface area contributed by atoms with Crippen LogP contribution in [-0.2, 0) is 16.0 Å². The van der Waals surface area contributed by atoms with Crippen LogP contribution < -0.4 is 15.0 Å². The summed E-state index contributed by atoms with van der Waals surface area (Å²) in [5, 5.41) is 2.77. The zero-order valence-corrected chi connectivity index (χ0v) is 16.8. The Labute approximate surface area is 170 Å². The molecule has 0 bridgehead atoms. The molecule has 1 saturated heterocycles. The van der Waals surface area contributed by atoms with Crippen molar-refractivity contribution in [2.24, 2.45) is 0 Å². The van der Waals surface area contributed by atoms with Crippen molar-refractivity contribution in [3.05, 3.63) is 59.7 Å². The van der Waals surface area contributed by atoms with Crippen molar-refractivity contribution in [1.82, 2.24) is 10.2 Å². The standard InChI is InChI=1S/C22H25N3O4/c1-15-4-8-18(9-5-15)25-16(2)21(27)24(22(25)28)14-20(26)23-13-12-17-6-10-19(29-3)11-7-17/h4-11,16H,12-14H2,1-3H3,(H,23,26)/t16-/m1/s1. The van der Waals surface area contributed by atoms with Gasteiger partial charge in [-0.15, -0.1) is 0 Å². The fourth-order valence-corrected chi connectivity index (χ4v) is 3.25. The summed E-state index contributed by atoms with van der Waals surface area (Å²) in [6.07, 6.45) is 0.642. The summed E-state index contributed by atoms with van der Waals surface area (Å²) in [6, 6.07) is 13.8. The number of anilines is 1. The Kier molecular flexibility index (Phi) is 6.16. The third-order valence-corrected chi connectivity index (χ3v) is 4.96. The molecule has 0 aliphatic carbocycles. The lowest BCUT2D eigenvalue weighted by Crippen LogP contribution is -2.42. The molecule has 1 heterocycles. The molecule has 1 N–H and O–H groups in total. The molecule has 0 aromatic heterocycles. The zero-order valence-electron chi connectivity index (χ0n) is 16.8. The Bertz CT molecular complexity index is 893. The number of urea groups is 1. The summed E-state index contributed by atoms with van der Waals surface area (Å²) in [7, 11) is 1.61. The number of nitrogens with one attached hydrogen (secondary N) is 1. The van der Waals surface area contributed by atoms with Crippen molar-refractivity contribution in [2.45, 2.75) is 26.3 Å². The van der Waals surface area contributed by atoms with Gasteiger partial charge in [0, 0.05) is 12.2 Å². The average molecular weight is 395 g/mol. The number of imide groups is 1. The Morgan fingerprint density at radius 3 is 2.34 bits per heavy atom. The van der Waals surface area contributed by atoms with Gasteiger partial charge in [-0.2, -0.15) is 0 Å². The molecule has 2 aromatic rings. The lowest BCUT2D eigenvalue weighted by Gasteiger charge is -2.19. The van der Waals surface area contributed by atoms with Gasteiger partial charge in [-0.3, -0.25) is 19.4 Å². The summed E-state index contributed by atoms with van der Waals surface area (Å²) in [6.45, 7) is 3.75. The number of hydrogen-bond acceptors (Lipinski definition) is 4. The lowest BCUT2D eigenvalue weighted by molar-refractivity contribution is -0.131. The maximum absolute atomic E-state index is 12.7. The minimum Gasteiger partial charge on any atom is -0.497 e. The first-order valence-corrected chi connectivity index (χ1v) is 9.51. The predicted octanol–water partition coefficient (Wildman–Crippen LogP) is 2.52. The summed E-state index contributed by atoms with van der Waals surface area (Å²) >= 11 is 0. The van der Waals surface area contributed by atoms with E-state index in [1.165, 1.54) is 4.90 Å². The van der Waals surface area contributed by atoms with Crippen LogP contribution in [0.15, 0.2) is 48.5 Å². The molecule has 1 aliphatic heterocycles. The average Bonchev–Trinajstić information content (AvgIpc) is 2.92. The van der Waals surface area contributed by atoms with E-state index in [1.54, 1.807) is 26.2 Å². The van der Waals surface area contributed by atoms with Crippen molar-refractivity contribution in [3.8, 4) is 5.75 Å². The minimum absolute atomic E-state index is 0.285. The maximum Gasteiger partial charge on any atom is 0.332 e. The van der Waals surface area contributed by atoms with E-state index in [1.807, 2.05) is 43.3 Å². The van der Waals surface area contributed by atoms with E-state index in [9.17, 15) is 14.4 Å². The molecular weight excluding hydrogens is 370 g/mol. The van der Waals surface area contributed by atoms with E-state index in [-0.39, 0.29) is 18.4 Å². The first kappa shape index (κ1) is 20.4. The molecule has 4 amide bonds. The van der Waals surface area contributed by atoms with Gasteiger partial charge in [-0.1, -0.05) is 29.8 Å². The number of amides is 4. The molecule has 152 valence electrons. The third kappa shape index (κ3) is 4.56. The van der Waals surface area contributed by atoms with Gasteiger partial charge < -0.3 is 10.1 Å². The van der Waals surface area contributed by atoms with E-state index >= 15 is 0 Å². The van der Waals surface area contributed by atoms with Crippen molar-refractivity contribution in [1.29, 1.82) is 0 Å². The number of benzene rings is 2. The Balaban J connectivity index is 1.55. The molecule has 29 heavy (non-hydrogen) atoms. The fraction of sp³-hybridized carbons (Fsp3) is 0.318. The number of nitrogens with zero attached hydrogens (tertiary/aromatic N) is 2. The summed E-state index contributed by atoms with van der Waals surface area (Å²) in [5.41, 5.74) is 2.76. The van der Waals surface area contributed by atoms with Crippen LogP contribution in [0.25, 0.3) is 0 Å². The monoisotopic (exact) mass is 395 g/mol. The van der Waals surface area contributed by atoms with Gasteiger partial charge in [0.2, 0.25) is 5.91 Å². The highest BCUT2D eigenvalue weighted by atomic mass is 16.5. The number of hydrogen-bond donors (Lipinski definition) is 1. The molecular formula is C22H25N3O4. The number of rotatable bonds is 7. The molecule has 0 spiro atoms. The molecule has 2 aromatic carbocycles. The molecule has 7 heteroatoms. The second-order valence-corrected chi connectivity index (χ2v) is 7.04. The number of carbonyl (C=O) groups is 3. The van der Waals surface area contributed by atoms with Gasteiger partial charge in [-0.25, -0.2) is 4.79 Å². The van der Waals surface area contributed by atoms with E-state index in [0.29, 0.717) is 18.7 Å². The first-order chi connectivity index (χ1) is 13.9. The summed E-state index contributed by atoms with van der Waals surface area (Å²) in [4.78, 5) is 40.0. The number of aryl methyl sites for hydroxylation is 1. The van der Waals surface area contributed by atoms with Crippen LogP contribution in [0.1, 0.15) is 18.1 Å². The van der Waals surface area contributed by atoms with E-state index < -0.39 is 12.1 Å². The molecule has 3 rings (SSSR count). The first-order valence-electron chi connectivity index (χ1n) is 9.51. The number of carbonyl (C=O) groups excluding carboxylic acids is 3. The second-order valence-electron chi connectivity index (χ2n) is 7.04. The van der Waals surface area contributed by atoms with Crippen LogP contribution >= 0.6 is 0 Å². The van der Waals surface area contributed by atoms with Gasteiger partial charge >= 0.3 is 6.03 Å². The molecule has 0 saturated carbocycles. The zero-order chi connectivity index (χ0) is 21.0. The van der Waals surface area contributed by atoms with E-state index in [0.717, 1.165) is 21.8 Å². The van der Waals surface area contributed by atoms with Crippen LogP contribution in [0, 0.1) is 6.92 Å². The quantitative estimate of drug-likeness (QED) is 0.731. The van der Waals surface area contributed by atoms with Crippen molar-refractivity contribution >= 4 is 23.5 Å². The van der Waals surface area contributed by atoms with Crippen LogP contribution in [0.3, 0.4) is 0 Å². The Morgan fingerprint density at radius 2 is 1.72 bits per heavy atom. The molecule has 1 fully saturated rings. The van der Waals surface area contributed by atoms with Gasteiger partial charge in [0.25, 0.3) is 5.91 Å². The smallest absolute Gasteiger partial charge is 0.332 e.